The average molecular weight is 414 g/mol. The number of nitrogens with zero attached hydrogens (tertiary/aromatic N) is 1. The molecule has 0 radical (unpaired) electrons. The summed E-state index contributed by atoms with van der Waals surface area (Å²) in [6, 6.07) is 17.4. The summed E-state index contributed by atoms with van der Waals surface area (Å²) < 4.78 is 0. The van der Waals surface area contributed by atoms with Gasteiger partial charge in [-0.25, -0.2) is 4.79 Å². The first-order valence-corrected chi connectivity index (χ1v) is 11.2. The van der Waals surface area contributed by atoms with E-state index in [9.17, 15) is 9.59 Å². The molecule has 6 heteroatoms. The second kappa shape index (κ2) is 11.5. The maximum atomic E-state index is 12.8. The molecule has 5 nitrogen and oxygen atoms in total. The van der Waals surface area contributed by atoms with Crippen LogP contribution in [0.25, 0.3) is 0 Å². The van der Waals surface area contributed by atoms with Gasteiger partial charge >= 0.3 is 6.03 Å². The van der Waals surface area contributed by atoms with Crippen LogP contribution in [-0.2, 0) is 4.79 Å². The molecule has 2 rings (SSSR count). The number of carbonyl (C=O) groups excluding carboxylic acids is 2. The molecule has 0 saturated carbocycles. The highest BCUT2D eigenvalue weighted by molar-refractivity contribution is 7.98. The topological polar surface area (TPSA) is 61.4 Å². The molecule has 0 aliphatic carbocycles. The number of nitrogens with one attached hydrogen (secondary N) is 2. The molecular weight excluding hydrogens is 382 g/mol. The summed E-state index contributed by atoms with van der Waals surface area (Å²) in [6.07, 6.45) is 3.10. The predicted octanol–water partition coefficient (Wildman–Crippen LogP) is 5.31. The number of anilines is 1. The van der Waals surface area contributed by atoms with Gasteiger partial charge < -0.3 is 15.5 Å². The Bertz CT molecular complexity index is 780. The van der Waals surface area contributed by atoms with E-state index in [-0.39, 0.29) is 30.4 Å². The Labute approximate surface area is 178 Å². The summed E-state index contributed by atoms with van der Waals surface area (Å²) in [5.41, 5.74) is 1.81. The molecule has 0 aliphatic rings. The lowest BCUT2D eigenvalue weighted by atomic mass is 10.1. The van der Waals surface area contributed by atoms with Crippen molar-refractivity contribution < 1.29 is 9.59 Å². The van der Waals surface area contributed by atoms with E-state index in [4.69, 9.17) is 0 Å². The van der Waals surface area contributed by atoms with Crippen LogP contribution in [0.1, 0.15) is 45.2 Å². The number of thioether (sulfide) groups is 1. The van der Waals surface area contributed by atoms with Crippen molar-refractivity contribution in [3.63, 3.8) is 0 Å². The Morgan fingerprint density at radius 2 is 1.69 bits per heavy atom. The van der Waals surface area contributed by atoms with E-state index in [1.807, 2.05) is 81.6 Å². The summed E-state index contributed by atoms with van der Waals surface area (Å²) in [7, 11) is 0. The van der Waals surface area contributed by atoms with E-state index in [0.29, 0.717) is 6.54 Å². The average Bonchev–Trinajstić information content (AvgIpc) is 2.74. The second-order valence-corrected chi connectivity index (χ2v) is 7.94. The minimum Gasteiger partial charge on any atom is -0.350 e. The molecule has 0 fully saturated rings. The SMILES string of the molecule is CCC(C)N(CCC(=O)NC(C)c1ccccc1)C(=O)Nc1ccc(SC)cc1. The predicted molar refractivity (Wildman–Crippen MR) is 121 cm³/mol. The molecule has 2 aromatic rings. The van der Waals surface area contributed by atoms with Crippen LogP contribution in [0.5, 0.6) is 0 Å². The molecule has 0 aromatic heterocycles. The molecule has 0 saturated heterocycles. The second-order valence-electron chi connectivity index (χ2n) is 7.06. The van der Waals surface area contributed by atoms with Gasteiger partial charge in [-0.05, 0) is 56.4 Å². The van der Waals surface area contributed by atoms with Crippen molar-refractivity contribution in [2.24, 2.45) is 0 Å². The van der Waals surface area contributed by atoms with Gasteiger partial charge in [0.25, 0.3) is 0 Å². The van der Waals surface area contributed by atoms with Crippen LogP contribution in [-0.4, -0.2) is 35.7 Å². The summed E-state index contributed by atoms with van der Waals surface area (Å²) in [5, 5.41) is 5.96. The third-order valence-electron chi connectivity index (χ3n) is 4.98. The first-order valence-electron chi connectivity index (χ1n) is 10.0. The summed E-state index contributed by atoms with van der Waals surface area (Å²) >= 11 is 1.66. The van der Waals surface area contributed by atoms with Crippen LogP contribution < -0.4 is 10.6 Å². The molecule has 2 N–H and O–H groups in total. The first-order chi connectivity index (χ1) is 13.9. The van der Waals surface area contributed by atoms with Crippen LogP contribution in [0, 0.1) is 0 Å². The van der Waals surface area contributed by atoms with Crippen molar-refractivity contribution in [1.29, 1.82) is 0 Å². The number of rotatable bonds is 9. The number of carbonyl (C=O) groups is 2. The van der Waals surface area contributed by atoms with Gasteiger partial charge in [-0.15, -0.1) is 11.8 Å². The Hall–Kier alpha value is -2.47. The quantitative estimate of drug-likeness (QED) is 0.548. The van der Waals surface area contributed by atoms with Crippen LogP contribution in [0.15, 0.2) is 59.5 Å². The third-order valence-corrected chi connectivity index (χ3v) is 5.73. The highest BCUT2D eigenvalue weighted by Crippen LogP contribution is 2.18. The van der Waals surface area contributed by atoms with E-state index in [1.165, 1.54) is 0 Å². The standard InChI is InChI=1S/C23H31N3O2S/c1-5-17(2)26(23(28)25-20-11-13-21(29-4)14-12-20)16-15-22(27)24-18(3)19-9-7-6-8-10-19/h6-14,17-18H,5,15-16H2,1-4H3,(H,24,27)(H,25,28). The van der Waals surface area contributed by atoms with E-state index in [0.717, 1.165) is 22.6 Å². The number of benzene rings is 2. The van der Waals surface area contributed by atoms with Crippen molar-refractivity contribution in [2.75, 3.05) is 18.1 Å². The lowest BCUT2D eigenvalue weighted by Crippen LogP contribution is -2.43. The van der Waals surface area contributed by atoms with Gasteiger partial charge in [0.15, 0.2) is 0 Å². The molecule has 2 unspecified atom stereocenters. The lowest BCUT2D eigenvalue weighted by molar-refractivity contribution is -0.122. The van der Waals surface area contributed by atoms with Crippen LogP contribution in [0.4, 0.5) is 10.5 Å². The van der Waals surface area contributed by atoms with Gasteiger partial charge in [-0.2, -0.15) is 0 Å². The smallest absolute Gasteiger partial charge is 0.322 e. The lowest BCUT2D eigenvalue weighted by Gasteiger charge is -2.29. The first kappa shape index (κ1) is 22.8. The fraction of sp³-hybridized carbons (Fsp3) is 0.391. The van der Waals surface area contributed by atoms with Crippen LogP contribution in [0.3, 0.4) is 0 Å². The summed E-state index contributed by atoms with van der Waals surface area (Å²) in [4.78, 5) is 28.1. The summed E-state index contributed by atoms with van der Waals surface area (Å²) in [6.45, 7) is 6.37. The van der Waals surface area contributed by atoms with Gasteiger partial charge in [-0.3, -0.25) is 4.79 Å². The van der Waals surface area contributed by atoms with Crippen molar-refractivity contribution in [2.45, 2.75) is 50.6 Å². The van der Waals surface area contributed by atoms with E-state index < -0.39 is 0 Å². The molecule has 0 aliphatic heterocycles. The molecule has 29 heavy (non-hydrogen) atoms. The molecule has 0 spiro atoms. The fourth-order valence-electron chi connectivity index (χ4n) is 2.97. The zero-order valence-corrected chi connectivity index (χ0v) is 18.5. The van der Waals surface area contributed by atoms with Gasteiger partial charge in [0, 0.05) is 29.6 Å². The molecule has 0 heterocycles. The van der Waals surface area contributed by atoms with Crippen LogP contribution >= 0.6 is 11.8 Å². The monoisotopic (exact) mass is 413 g/mol. The minimum atomic E-state index is -0.180. The Morgan fingerprint density at radius 1 is 1.03 bits per heavy atom. The largest absolute Gasteiger partial charge is 0.350 e. The van der Waals surface area contributed by atoms with E-state index >= 15 is 0 Å². The fourth-order valence-corrected chi connectivity index (χ4v) is 3.38. The maximum Gasteiger partial charge on any atom is 0.322 e. The molecule has 3 amide bonds. The number of hydrogen-bond acceptors (Lipinski definition) is 3. The number of urea groups is 1. The van der Waals surface area contributed by atoms with E-state index in [1.54, 1.807) is 16.7 Å². The number of hydrogen-bond donors (Lipinski definition) is 2. The zero-order chi connectivity index (χ0) is 21.2. The number of amides is 3. The van der Waals surface area contributed by atoms with Crippen LogP contribution in [0.2, 0.25) is 0 Å². The Balaban J connectivity index is 1.93. The van der Waals surface area contributed by atoms with Gasteiger partial charge in [-0.1, -0.05) is 37.3 Å². The van der Waals surface area contributed by atoms with Crippen molar-refractivity contribution >= 4 is 29.4 Å². The molecule has 2 aromatic carbocycles. The highest BCUT2D eigenvalue weighted by atomic mass is 32.2. The Morgan fingerprint density at radius 3 is 2.28 bits per heavy atom. The summed E-state index contributed by atoms with van der Waals surface area (Å²) in [5.74, 6) is -0.0632. The van der Waals surface area contributed by atoms with Gasteiger partial charge in [0.05, 0.1) is 6.04 Å². The normalized spacial score (nSPS) is 12.7. The highest BCUT2D eigenvalue weighted by Gasteiger charge is 2.20. The zero-order valence-electron chi connectivity index (χ0n) is 17.6. The molecule has 2 atom stereocenters. The van der Waals surface area contributed by atoms with Crippen molar-refractivity contribution in [3.8, 4) is 0 Å². The Kier molecular flexibility index (Phi) is 9.06. The molecule has 156 valence electrons. The van der Waals surface area contributed by atoms with Crippen molar-refractivity contribution in [1.82, 2.24) is 10.2 Å². The minimum absolute atomic E-state index is 0.0415. The van der Waals surface area contributed by atoms with Gasteiger partial charge in [0.1, 0.15) is 0 Å². The van der Waals surface area contributed by atoms with Crippen molar-refractivity contribution in [3.05, 3.63) is 60.2 Å². The van der Waals surface area contributed by atoms with Gasteiger partial charge in [0.2, 0.25) is 5.91 Å². The third kappa shape index (κ3) is 7.13. The molecule has 0 bridgehead atoms. The van der Waals surface area contributed by atoms with E-state index in [2.05, 4.69) is 10.6 Å². The maximum absolute atomic E-state index is 12.8. The molecular formula is C23H31N3O2S.